The fraction of sp³-hybridized carbons (Fsp3) is 0.594. The maximum absolute atomic E-state index is 10.6. The van der Waals surface area contributed by atoms with E-state index in [0.717, 1.165) is 80.2 Å². The highest BCUT2D eigenvalue weighted by atomic mass is 16.5. The Morgan fingerprint density at radius 2 is 1.95 bits per heavy atom. The zero-order valence-corrected chi connectivity index (χ0v) is 24.1. The molecule has 220 valence electrons. The number of nitriles is 1. The topological polar surface area (TPSA) is 119 Å². The summed E-state index contributed by atoms with van der Waals surface area (Å²) in [6.45, 7) is 5.33. The summed E-state index contributed by atoms with van der Waals surface area (Å²) < 4.78 is 7.98. The van der Waals surface area contributed by atoms with Gasteiger partial charge in [0.05, 0.1) is 29.6 Å². The Morgan fingerprint density at radius 1 is 1.12 bits per heavy atom. The number of piperidine rings is 1. The molecule has 1 spiro atoms. The van der Waals surface area contributed by atoms with E-state index in [-0.39, 0.29) is 12.1 Å². The lowest BCUT2D eigenvalue weighted by atomic mass is 9.80. The minimum atomic E-state index is -0.181. The molecule has 0 aromatic carbocycles. The molecule has 0 radical (unpaired) electrons. The van der Waals surface area contributed by atoms with Gasteiger partial charge >= 0.3 is 0 Å². The van der Waals surface area contributed by atoms with Crippen molar-refractivity contribution in [3.8, 4) is 22.9 Å². The lowest BCUT2D eigenvalue weighted by Crippen LogP contribution is -2.73. The molecule has 2 aliphatic carbocycles. The van der Waals surface area contributed by atoms with Gasteiger partial charge in [-0.05, 0) is 55.7 Å². The molecule has 0 amide bonds. The summed E-state index contributed by atoms with van der Waals surface area (Å²) in [6.07, 6.45) is 13.3. The van der Waals surface area contributed by atoms with Gasteiger partial charge < -0.3 is 20.5 Å². The van der Waals surface area contributed by atoms with Gasteiger partial charge in [0.15, 0.2) is 0 Å². The third-order valence-corrected chi connectivity index (χ3v) is 10.8. The molecule has 4 aliphatic heterocycles. The Bertz CT molecular complexity index is 1500. The van der Waals surface area contributed by atoms with Crippen molar-refractivity contribution in [2.45, 2.75) is 75.2 Å². The maximum atomic E-state index is 10.6. The van der Waals surface area contributed by atoms with Gasteiger partial charge in [0.2, 0.25) is 0 Å². The summed E-state index contributed by atoms with van der Waals surface area (Å²) in [6, 6.07) is 10.1. The number of piperazine rings is 1. The van der Waals surface area contributed by atoms with Crippen molar-refractivity contribution in [1.82, 2.24) is 24.4 Å². The van der Waals surface area contributed by atoms with E-state index in [9.17, 15) is 10.4 Å². The molecular weight excluding hydrogens is 528 g/mol. The molecule has 10 nitrogen and oxygen atoms in total. The van der Waals surface area contributed by atoms with Crippen molar-refractivity contribution in [2.24, 2.45) is 11.1 Å². The first kappa shape index (κ1) is 26.4. The highest BCUT2D eigenvalue weighted by Gasteiger charge is 2.53. The molecule has 7 heterocycles. The van der Waals surface area contributed by atoms with Gasteiger partial charge in [-0.2, -0.15) is 10.4 Å². The lowest BCUT2D eigenvalue weighted by Gasteiger charge is -2.60. The largest absolute Gasteiger partial charge is 0.491 e. The van der Waals surface area contributed by atoms with E-state index in [0.29, 0.717) is 35.7 Å². The maximum Gasteiger partial charge on any atom is 0.138 e. The number of pyridine rings is 2. The Morgan fingerprint density at radius 3 is 2.67 bits per heavy atom. The van der Waals surface area contributed by atoms with Gasteiger partial charge in [-0.15, -0.1) is 0 Å². The first-order valence-corrected chi connectivity index (χ1v) is 15.7. The van der Waals surface area contributed by atoms with Crippen LogP contribution in [0.25, 0.3) is 16.6 Å². The average Bonchev–Trinajstić information content (AvgIpc) is 3.57. The van der Waals surface area contributed by atoms with Crippen LogP contribution in [-0.2, 0) is 0 Å². The number of aliphatic hydroxyl groups excluding tert-OH is 1. The minimum Gasteiger partial charge on any atom is -0.491 e. The number of rotatable bonds is 7. The fourth-order valence-corrected chi connectivity index (χ4v) is 8.27. The normalized spacial score (nSPS) is 30.4. The van der Waals surface area contributed by atoms with E-state index < -0.39 is 0 Å². The number of likely N-dealkylation sites (tertiary alicyclic amines) is 1. The standard InChI is InChI=1S/C32H40N8O2/c33-13-22-15-36-39-18-25(42-10-9-37-19-29(34)32(20-37)7-8-32)12-26(31(22)39)21-5-6-30(35-14-21)38-16-23-11-24(17-38)40(23)27-3-1-2-4-28(27)41/h5-6,12,14-15,18,23-24,27-29,41H,1-4,7-11,16-17,19-20,34H2/t23?,24?,27?,28-,29?/m1/s1. The quantitative estimate of drug-likeness (QED) is 0.443. The molecule has 2 bridgehead atoms. The van der Waals surface area contributed by atoms with Crippen LogP contribution in [0.5, 0.6) is 5.75 Å². The number of anilines is 1. The summed E-state index contributed by atoms with van der Waals surface area (Å²) in [4.78, 5) is 12.3. The summed E-state index contributed by atoms with van der Waals surface area (Å²) in [5.41, 5.74) is 9.86. The molecule has 5 atom stereocenters. The molecule has 9 rings (SSSR count). The lowest BCUT2D eigenvalue weighted by molar-refractivity contribution is -0.0928. The summed E-state index contributed by atoms with van der Waals surface area (Å²) in [5.74, 6) is 1.70. The Balaban J connectivity index is 0.978. The number of nitrogens with two attached hydrogens (primary N) is 1. The van der Waals surface area contributed by atoms with Crippen LogP contribution in [0.15, 0.2) is 36.8 Å². The number of fused-ring (bicyclic) bond motifs is 3. The van der Waals surface area contributed by atoms with E-state index in [4.69, 9.17) is 15.5 Å². The van der Waals surface area contributed by atoms with Crippen molar-refractivity contribution in [3.05, 3.63) is 42.4 Å². The second kappa shape index (κ2) is 10.2. The number of aliphatic hydroxyl groups is 1. The number of hydrogen-bond acceptors (Lipinski definition) is 9. The zero-order chi connectivity index (χ0) is 28.4. The predicted octanol–water partition coefficient (Wildman–Crippen LogP) is 2.64. The summed E-state index contributed by atoms with van der Waals surface area (Å²) in [7, 11) is 0. The van der Waals surface area contributed by atoms with Crippen molar-refractivity contribution < 1.29 is 9.84 Å². The van der Waals surface area contributed by atoms with Gasteiger partial charge in [-0.3, -0.25) is 9.80 Å². The molecule has 3 N–H and O–H groups in total. The minimum absolute atomic E-state index is 0.181. The van der Waals surface area contributed by atoms with Crippen LogP contribution < -0.4 is 15.4 Å². The number of aromatic nitrogens is 3. The van der Waals surface area contributed by atoms with Crippen LogP contribution >= 0.6 is 0 Å². The Labute approximate surface area is 246 Å². The third kappa shape index (κ3) is 4.45. The smallest absolute Gasteiger partial charge is 0.138 e. The van der Waals surface area contributed by atoms with E-state index in [2.05, 4.69) is 38.0 Å². The summed E-state index contributed by atoms with van der Waals surface area (Å²) >= 11 is 0. The van der Waals surface area contributed by atoms with Crippen LogP contribution in [0, 0.1) is 16.7 Å². The van der Waals surface area contributed by atoms with Crippen LogP contribution in [0.2, 0.25) is 0 Å². The van der Waals surface area contributed by atoms with Gasteiger partial charge in [0, 0.05) is 74.2 Å². The second-order valence-corrected chi connectivity index (χ2v) is 13.3. The Kier molecular flexibility index (Phi) is 6.41. The van der Waals surface area contributed by atoms with Crippen molar-refractivity contribution in [2.75, 3.05) is 44.2 Å². The SMILES string of the molecule is N#Cc1cnn2cc(OCCN3CC(N)C4(CC4)C3)cc(-c3ccc(N4CC5CC(C4)N5C4CCCC[C@H]4O)nc3)c12. The van der Waals surface area contributed by atoms with Gasteiger partial charge in [-0.25, -0.2) is 9.50 Å². The number of hydrogen-bond donors (Lipinski definition) is 2. The molecule has 4 unspecified atom stereocenters. The second-order valence-electron chi connectivity index (χ2n) is 13.3. The summed E-state index contributed by atoms with van der Waals surface area (Å²) in [5, 5.41) is 24.8. The van der Waals surface area contributed by atoms with Gasteiger partial charge in [0.25, 0.3) is 0 Å². The van der Waals surface area contributed by atoms with Gasteiger partial charge in [0.1, 0.15) is 24.2 Å². The molecule has 6 fully saturated rings. The monoisotopic (exact) mass is 568 g/mol. The average molecular weight is 569 g/mol. The molecule has 3 aromatic rings. The van der Waals surface area contributed by atoms with E-state index >= 15 is 0 Å². The van der Waals surface area contributed by atoms with Crippen LogP contribution in [0.4, 0.5) is 5.82 Å². The van der Waals surface area contributed by atoms with Crippen molar-refractivity contribution >= 4 is 11.3 Å². The first-order chi connectivity index (χ1) is 20.5. The van der Waals surface area contributed by atoms with Crippen LogP contribution in [-0.4, -0.2) is 99.1 Å². The zero-order valence-electron chi connectivity index (χ0n) is 24.1. The highest BCUT2D eigenvalue weighted by Crippen LogP contribution is 2.51. The van der Waals surface area contributed by atoms with E-state index in [1.54, 1.807) is 10.7 Å². The van der Waals surface area contributed by atoms with Crippen molar-refractivity contribution in [3.63, 3.8) is 0 Å². The number of ether oxygens (including phenoxy) is 1. The first-order valence-electron chi connectivity index (χ1n) is 15.7. The predicted molar refractivity (Wildman–Crippen MR) is 159 cm³/mol. The van der Waals surface area contributed by atoms with Gasteiger partial charge in [-0.1, -0.05) is 12.8 Å². The van der Waals surface area contributed by atoms with Crippen molar-refractivity contribution in [1.29, 1.82) is 5.26 Å². The molecule has 42 heavy (non-hydrogen) atoms. The molecule has 3 aromatic heterocycles. The van der Waals surface area contributed by atoms with Crippen LogP contribution in [0.1, 0.15) is 50.5 Å². The molecular formula is C32H40N8O2. The molecule has 4 saturated heterocycles. The third-order valence-electron chi connectivity index (χ3n) is 10.8. The highest BCUT2D eigenvalue weighted by molar-refractivity contribution is 5.85. The molecule has 6 aliphatic rings. The molecule has 10 heteroatoms. The number of nitrogens with zero attached hydrogens (tertiary/aromatic N) is 7. The van der Waals surface area contributed by atoms with Crippen LogP contribution in [0.3, 0.4) is 0 Å². The van der Waals surface area contributed by atoms with E-state index in [1.807, 2.05) is 18.5 Å². The Hall–Kier alpha value is -3.23. The molecule has 2 saturated carbocycles. The van der Waals surface area contributed by atoms with E-state index in [1.165, 1.54) is 25.7 Å². The fourth-order valence-electron chi connectivity index (χ4n) is 8.27.